The summed E-state index contributed by atoms with van der Waals surface area (Å²) in [6, 6.07) is 3.18. The summed E-state index contributed by atoms with van der Waals surface area (Å²) in [4.78, 5) is 12.1. The second kappa shape index (κ2) is 6.95. The van der Waals surface area contributed by atoms with Gasteiger partial charge in [-0.2, -0.15) is 0 Å². The van der Waals surface area contributed by atoms with Crippen molar-refractivity contribution in [3.8, 4) is 11.5 Å². The van der Waals surface area contributed by atoms with E-state index in [0.29, 0.717) is 18.1 Å². The van der Waals surface area contributed by atoms with Crippen LogP contribution in [0.25, 0.3) is 0 Å². The van der Waals surface area contributed by atoms with Gasteiger partial charge in [-0.25, -0.2) is 4.79 Å². The average Bonchev–Trinajstić information content (AvgIpc) is 2.88. The highest BCUT2D eigenvalue weighted by molar-refractivity contribution is 9.10. The van der Waals surface area contributed by atoms with E-state index in [-0.39, 0.29) is 12.8 Å². The van der Waals surface area contributed by atoms with Crippen LogP contribution in [0.15, 0.2) is 16.6 Å². The minimum Gasteiger partial charge on any atom is -0.465 e. The number of hydrogen-bond acceptors (Lipinski definition) is 5. The Balaban J connectivity index is 2.28. The predicted octanol–water partition coefficient (Wildman–Crippen LogP) is 2.78. The Morgan fingerprint density at radius 2 is 2.25 bits per heavy atom. The first-order valence-electron chi connectivity index (χ1n) is 6.66. The van der Waals surface area contributed by atoms with E-state index in [1.807, 2.05) is 19.1 Å². The number of fused-ring (bicyclic) bond motifs is 1. The fourth-order valence-electron chi connectivity index (χ4n) is 2.01. The number of esters is 1. The Morgan fingerprint density at radius 3 is 2.95 bits per heavy atom. The third kappa shape index (κ3) is 3.24. The summed E-state index contributed by atoms with van der Waals surface area (Å²) in [5, 5.41) is 3.20. The van der Waals surface area contributed by atoms with Gasteiger partial charge in [-0.05, 0) is 53.5 Å². The van der Waals surface area contributed by atoms with Crippen LogP contribution in [-0.2, 0) is 9.53 Å². The van der Waals surface area contributed by atoms with E-state index >= 15 is 0 Å². The largest absolute Gasteiger partial charge is 0.465 e. The van der Waals surface area contributed by atoms with E-state index in [0.717, 1.165) is 23.0 Å². The summed E-state index contributed by atoms with van der Waals surface area (Å²) in [6.07, 6.45) is 0.932. The lowest BCUT2D eigenvalue weighted by molar-refractivity contribution is -0.145. The molecule has 6 heteroatoms. The number of halogens is 1. The highest BCUT2D eigenvalue weighted by Crippen LogP contribution is 2.41. The third-order valence-corrected chi connectivity index (χ3v) is 3.49. The van der Waals surface area contributed by atoms with Gasteiger partial charge in [0, 0.05) is 0 Å². The number of nitrogens with one attached hydrogen (secondary N) is 1. The van der Waals surface area contributed by atoms with E-state index in [4.69, 9.17) is 14.2 Å². The number of benzene rings is 1. The highest BCUT2D eigenvalue weighted by atomic mass is 79.9. The smallest absolute Gasteiger partial charge is 0.327 e. The number of ether oxygens (including phenoxy) is 3. The molecule has 0 saturated heterocycles. The Bertz CT molecular complexity index is 492. The normalized spacial score (nSPS) is 14.2. The Labute approximate surface area is 126 Å². The molecule has 1 heterocycles. The Hall–Kier alpha value is -1.27. The SMILES string of the molecule is CCCNC(C(=O)OCC)c1cc(Br)c2c(c1)OCO2. The molecule has 1 N–H and O–H groups in total. The lowest BCUT2D eigenvalue weighted by atomic mass is 10.1. The third-order valence-electron chi connectivity index (χ3n) is 2.90. The monoisotopic (exact) mass is 343 g/mol. The lowest BCUT2D eigenvalue weighted by Crippen LogP contribution is -2.30. The molecule has 0 amide bonds. The topological polar surface area (TPSA) is 56.8 Å². The first kappa shape index (κ1) is 15.1. The van der Waals surface area contributed by atoms with E-state index in [1.54, 1.807) is 6.92 Å². The molecule has 0 radical (unpaired) electrons. The van der Waals surface area contributed by atoms with Crippen molar-refractivity contribution in [2.75, 3.05) is 19.9 Å². The fourth-order valence-corrected chi connectivity index (χ4v) is 2.58. The number of hydrogen-bond donors (Lipinski definition) is 1. The predicted molar refractivity (Wildman–Crippen MR) is 77.9 cm³/mol. The number of carbonyl (C=O) groups is 1. The van der Waals surface area contributed by atoms with Crippen LogP contribution in [0.4, 0.5) is 0 Å². The molecule has 110 valence electrons. The van der Waals surface area contributed by atoms with Crippen molar-refractivity contribution in [1.82, 2.24) is 5.32 Å². The van der Waals surface area contributed by atoms with Crippen LogP contribution in [0.3, 0.4) is 0 Å². The summed E-state index contributed by atoms with van der Waals surface area (Å²) in [5.41, 5.74) is 0.799. The summed E-state index contributed by atoms with van der Waals surface area (Å²) in [5.74, 6) is 1.03. The van der Waals surface area contributed by atoms with Crippen molar-refractivity contribution >= 4 is 21.9 Å². The molecule has 1 aromatic rings. The maximum absolute atomic E-state index is 12.1. The minimum absolute atomic E-state index is 0.198. The molecule has 1 aliphatic heterocycles. The summed E-state index contributed by atoms with van der Waals surface area (Å²) in [7, 11) is 0. The molecule has 20 heavy (non-hydrogen) atoms. The summed E-state index contributed by atoms with van der Waals surface area (Å²) >= 11 is 3.44. The second-order valence-electron chi connectivity index (χ2n) is 4.38. The molecule has 0 saturated carbocycles. The summed E-state index contributed by atoms with van der Waals surface area (Å²) < 4.78 is 16.6. The molecule has 0 bridgehead atoms. The van der Waals surface area contributed by atoms with Crippen molar-refractivity contribution in [2.24, 2.45) is 0 Å². The van der Waals surface area contributed by atoms with Gasteiger partial charge in [-0.15, -0.1) is 0 Å². The Kier molecular flexibility index (Phi) is 5.25. The van der Waals surface area contributed by atoms with Crippen LogP contribution in [0.2, 0.25) is 0 Å². The fraction of sp³-hybridized carbons (Fsp3) is 0.500. The summed E-state index contributed by atoms with van der Waals surface area (Å²) in [6.45, 7) is 5.13. The van der Waals surface area contributed by atoms with E-state index in [2.05, 4.69) is 21.2 Å². The van der Waals surface area contributed by atoms with Crippen molar-refractivity contribution in [1.29, 1.82) is 0 Å². The standard InChI is InChI=1S/C14H18BrNO4/c1-3-5-16-12(14(17)18-4-2)9-6-10(15)13-11(7-9)19-8-20-13/h6-7,12,16H,3-5,8H2,1-2H3. The molecular formula is C14H18BrNO4. The molecule has 1 unspecified atom stereocenters. The van der Waals surface area contributed by atoms with Gasteiger partial charge in [-0.1, -0.05) is 6.92 Å². The molecule has 1 aromatic carbocycles. The zero-order valence-electron chi connectivity index (χ0n) is 11.6. The highest BCUT2D eigenvalue weighted by Gasteiger charge is 2.26. The van der Waals surface area contributed by atoms with Gasteiger partial charge in [-0.3, -0.25) is 0 Å². The molecule has 2 rings (SSSR count). The van der Waals surface area contributed by atoms with Crippen LogP contribution >= 0.6 is 15.9 Å². The van der Waals surface area contributed by atoms with Crippen molar-refractivity contribution in [2.45, 2.75) is 26.3 Å². The quantitative estimate of drug-likeness (QED) is 0.805. The zero-order chi connectivity index (χ0) is 14.5. The van der Waals surface area contributed by atoms with Gasteiger partial charge in [0.05, 0.1) is 11.1 Å². The number of carbonyl (C=O) groups excluding carboxylic acids is 1. The first-order chi connectivity index (χ1) is 9.67. The van der Waals surface area contributed by atoms with Gasteiger partial charge in [0.1, 0.15) is 6.04 Å². The van der Waals surface area contributed by atoms with Crippen molar-refractivity contribution < 1.29 is 19.0 Å². The van der Waals surface area contributed by atoms with Gasteiger partial charge < -0.3 is 19.5 Å². The maximum atomic E-state index is 12.1. The van der Waals surface area contributed by atoms with Crippen LogP contribution in [0.5, 0.6) is 11.5 Å². The second-order valence-corrected chi connectivity index (χ2v) is 5.23. The minimum atomic E-state index is -0.499. The molecule has 0 aliphatic carbocycles. The molecular weight excluding hydrogens is 326 g/mol. The van der Waals surface area contributed by atoms with Crippen molar-refractivity contribution in [3.63, 3.8) is 0 Å². The van der Waals surface area contributed by atoms with E-state index in [1.165, 1.54) is 0 Å². The molecule has 0 fully saturated rings. The lowest BCUT2D eigenvalue weighted by Gasteiger charge is -2.18. The average molecular weight is 344 g/mol. The molecule has 1 atom stereocenters. The molecule has 1 aliphatic rings. The number of rotatable bonds is 6. The molecule has 5 nitrogen and oxygen atoms in total. The first-order valence-corrected chi connectivity index (χ1v) is 7.45. The van der Waals surface area contributed by atoms with Crippen LogP contribution in [0.1, 0.15) is 31.9 Å². The van der Waals surface area contributed by atoms with E-state index in [9.17, 15) is 4.79 Å². The van der Waals surface area contributed by atoms with Crippen LogP contribution in [-0.4, -0.2) is 25.9 Å². The van der Waals surface area contributed by atoms with Gasteiger partial charge >= 0.3 is 5.97 Å². The molecule has 0 spiro atoms. The van der Waals surface area contributed by atoms with Crippen molar-refractivity contribution in [3.05, 3.63) is 22.2 Å². The van der Waals surface area contributed by atoms with Gasteiger partial charge in [0.2, 0.25) is 6.79 Å². The zero-order valence-corrected chi connectivity index (χ0v) is 13.2. The Morgan fingerprint density at radius 1 is 1.45 bits per heavy atom. The maximum Gasteiger partial charge on any atom is 0.327 e. The van der Waals surface area contributed by atoms with Crippen LogP contribution in [0, 0.1) is 0 Å². The van der Waals surface area contributed by atoms with Gasteiger partial charge in [0.15, 0.2) is 11.5 Å². The molecule has 0 aromatic heterocycles. The van der Waals surface area contributed by atoms with E-state index < -0.39 is 6.04 Å². The van der Waals surface area contributed by atoms with Gasteiger partial charge in [0.25, 0.3) is 0 Å². The van der Waals surface area contributed by atoms with Crippen LogP contribution < -0.4 is 14.8 Å².